The van der Waals surface area contributed by atoms with Gasteiger partial charge in [0.05, 0.1) is 11.7 Å². The van der Waals surface area contributed by atoms with Gasteiger partial charge in [-0.3, -0.25) is 4.79 Å². The topological polar surface area (TPSA) is 46.9 Å². The molecule has 0 spiro atoms. The van der Waals surface area contributed by atoms with Crippen LogP contribution < -0.4 is 5.32 Å². The van der Waals surface area contributed by atoms with Gasteiger partial charge >= 0.3 is 0 Å². The molecule has 1 aliphatic carbocycles. The molecule has 1 amide bonds. The van der Waals surface area contributed by atoms with Crippen molar-refractivity contribution in [3.05, 3.63) is 77.8 Å². The van der Waals surface area contributed by atoms with Crippen molar-refractivity contribution in [1.29, 1.82) is 0 Å². The van der Waals surface area contributed by atoms with Gasteiger partial charge in [-0.25, -0.2) is 4.98 Å². The summed E-state index contributed by atoms with van der Waals surface area (Å²) in [4.78, 5) is 16.8. The van der Waals surface area contributed by atoms with Gasteiger partial charge in [-0.1, -0.05) is 23.7 Å². The number of carbonyl (C=O) groups excluding carboxylic acids is 1. The highest BCUT2D eigenvalue weighted by molar-refractivity contribution is 6.30. The predicted molar refractivity (Wildman–Crippen MR) is 94.6 cm³/mol. The van der Waals surface area contributed by atoms with E-state index in [0.717, 1.165) is 29.8 Å². The van der Waals surface area contributed by atoms with E-state index in [0.29, 0.717) is 5.02 Å². The van der Waals surface area contributed by atoms with E-state index >= 15 is 0 Å². The fourth-order valence-electron chi connectivity index (χ4n) is 2.94. The molecule has 0 atom stereocenters. The number of benzene rings is 2. The van der Waals surface area contributed by atoms with Crippen molar-refractivity contribution < 1.29 is 4.79 Å². The molecule has 1 heterocycles. The fraction of sp³-hybridized carbons (Fsp3) is 0.158. The number of nitrogens with zero attached hydrogens (tertiary/aromatic N) is 2. The van der Waals surface area contributed by atoms with Gasteiger partial charge in [0.15, 0.2) is 0 Å². The first-order valence-electron chi connectivity index (χ1n) is 7.83. The van der Waals surface area contributed by atoms with E-state index in [9.17, 15) is 4.79 Å². The van der Waals surface area contributed by atoms with Crippen LogP contribution in [-0.2, 0) is 10.2 Å². The highest BCUT2D eigenvalue weighted by atomic mass is 35.5. The minimum Gasteiger partial charge on any atom is -0.325 e. The third-order valence-electron chi connectivity index (χ3n) is 4.49. The van der Waals surface area contributed by atoms with E-state index in [1.54, 1.807) is 12.5 Å². The molecule has 4 nitrogen and oxygen atoms in total. The van der Waals surface area contributed by atoms with Crippen LogP contribution in [0, 0.1) is 0 Å². The summed E-state index contributed by atoms with van der Waals surface area (Å²) in [5.41, 5.74) is 2.34. The maximum absolute atomic E-state index is 12.8. The molecule has 1 aliphatic rings. The number of hydrogen-bond donors (Lipinski definition) is 1. The lowest BCUT2D eigenvalue weighted by molar-refractivity contribution is -0.118. The van der Waals surface area contributed by atoms with Gasteiger partial charge in [-0.2, -0.15) is 0 Å². The number of hydrogen-bond acceptors (Lipinski definition) is 2. The van der Waals surface area contributed by atoms with Crippen LogP contribution in [0.25, 0.3) is 5.69 Å². The van der Waals surface area contributed by atoms with Crippen molar-refractivity contribution in [1.82, 2.24) is 9.55 Å². The van der Waals surface area contributed by atoms with Gasteiger partial charge in [0.25, 0.3) is 0 Å². The number of amides is 1. The van der Waals surface area contributed by atoms with Crippen LogP contribution in [0.1, 0.15) is 18.4 Å². The van der Waals surface area contributed by atoms with E-state index in [1.807, 2.05) is 59.3 Å². The Morgan fingerprint density at radius 2 is 1.96 bits per heavy atom. The molecule has 3 aromatic rings. The van der Waals surface area contributed by atoms with Crippen molar-refractivity contribution in [3.8, 4) is 5.69 Å². The van der Waals surface area contributed by atoms with Crippen molar-refractivity contribution in [2.24, 2.45) is 0 Å². The molecular formula is C19H16ClN3O. The highest BCUT2D eigenvalue weighted by Gasteiger charge is 2.51. The first-order chi connectivity index (χ1) is 11.7. The van der Waals surface area contributed by atoms with Gasteiger partial charge < -0.3 is 9.88 Å². The minimum atomic E-state index is -0.437. The summed E-state index contributed by atoms with van der Waals surface area (Å²) in [5, 5.41) is 3.69. The van der Waals surface area contributed by atoms with Crippen LogP contribution in [0.15, 0.2) is 67.3 Å². The van der Waals surface area contributed by atoms with Gasteiger partial charge in [0.1, 0.15) is 0 Å². The number of carbonyl (C=O) groups is 1. The standard InChI is InChI=1S/C19H16ClN3O/c20-15-3-1-2-14(12-15)19(8-9-19)18(24)22-16-4-6-17(7-5-16)23-11-10-21-13-23/h1-7,10-13H,8-9H2,(H,22,24). The average Bonchev–Trinajstić information content (AvgIpc) is 3.23. The number of rotatable bonds is 4. The Morgan fingerprint density at radius 1 is 1.17 bits per heavy atom. The van der Waals surface area contributed by atoms with Gasteiger partial charge in [0.2, 0.25) is 5.91 Å². The molecule has 0 unspecified atom stereocenters. The largest absolute Gasteiger partial charge is 0.325 e. The maximum Gasteiger partial charge on any atom is 0.235 e. The Morgan fingerprint density at radius 3 is 2.58 bits per heavy atom. The summed E-state index contributed by atoms with van der Waals surface area (Å²) >= 11 is 6.07. The lowest BCUT2D eigenvalue weighted by Crippen LogP contribution is -2.27. The Bertz CT molecular complexity index is 868. The van der Waals surface area contributed by atoms with Crippen LogP contribution in [0.3, 0.4) is 0 Å². The fourth-order valence-corrected chi connectivity index (χ4v) is 3.13. The number of nitrogens with one attached hydrogen (secondary N) is 1. The van der Waals surface area contributed by atoms with Crippen molar-refractivity contribution in [3.63, 3.8) is 0 Å². The monoisotopic (exact) mass is 337 g/mol. The number of anilines is 1. The molecule has 0 aliphatic heterocycles. The summed E-state index contributed by atoms with van der Waals surface area (Å²) in [6.45, 7) is 0. The SMILES string of the molecule is O=C(Nc1ccc(-n2ccnc2)cc1)C1(c2cccc(Cl)c2)CC1. The molecule has 0 bridgehead atoms. The quantitative estimate of drug-likeness (QED) is 0.775. The molecule has 1 aromatic heterocycles. The Hall–Kier alpha value is -2.59. The number of aromatic nitrogens is 2. The van der Waals surface area contributed by atoms with E-state index in [1.165, 1.54) is 0 Å². The first-order valence-corrected chi connectivity index (χ1v) is 8.21. The second-order valence-corrected chi connectivity index (χ2v) is 6.50. The first kappa shape index (κ1) is 15.0. The second kappa shape index (κ2) is 5.80. The lowest BCUT2D eigenvalue weighted by Gasteiger charge is -2.16. The van der Waals surface area contributed by atoms with Crippen molar-refractivity contribution in [2.75, 3.05) is 5.32 Å². The van der Waals surface area contributed by atoms with E-state index in [-0.39, 0.29) is 5.91 Å². The van der Waals surface area contributed by atoms with Crippen LogP contribution in [-0.4, -0.2) is 15.5 Å². The zero-order chi connectivity index (χ0) is 16.6. The minimum absolute atomic E-state index is 0.0279. The van der Waals surface area contributed by atoms with Gasteiger partial charge in [-0.15, -0.1) is 0 Å². The third kappa shape index (κ3) is 2.69. The van der Waals surface area contributed by atoms with E-state index in [2.05, 4.69) is 10.3 Å². The highest BCUT2D eigenvalue weighted by Crippen LogP contribution is 2.49. The summed E-state index contributed by atoms with van der Waals surface area (Å²) in [6, 6.07) is 15.3. The van der Waals surface area contributed by atoms with Crippen LogP contribution in [0.5, 0.6) is 0 Å². The lowest BCUT2D eigenvalue weighted by atomic mass is 9.95. The van der Waals surface area contributed by atoms with Crippen LogP contribution >= 0.6 is 11.6 Å². The third-order valence-corrected chi connectivity index (χ3v) is 4.72. The second-order valence-electron chi connectivity index (χ2n) is 6.06. The molecular weight excluding hydrogens is 322 g/mol. The van der Waals surface area contributed by atoms with Crippen molar-refractivity contribution >= 4 is 23.2 Å². The van der Waals surface area contributed by atoms with Crippen molar-refractivity contribution in [2.45, 2.75) is 18.3 Å². The maximum atomic E-state index is 12.8. The van der Waals surface area contributed by atoms with Gasteiger partial charge in [0, 0.05) is 28.8 Å². The average molecular weight is 338 g/mol. The summed E-state index contributed by atoms with van der Waals surface area (Å²) in [7, 11) is 0. The Labute approximate surface area is 145 Å². The molecule has 5 heteroatoms. The number of halogens is 1. The summed E-state index contributed by atoms with van der Waals surface area (Å²) in [6.07, 6.45) is 7.06. The van der Waals surface area contributed by atoms with Crippen LogP contribution in [0.2, 0.25) is 5.02 Å². The molecule has 0 radical (unpaired) electrons. The molecule has 120 valence electrons. The van der Waals surface area contributed by atoms with E-state index < -0.39 is 5.41 Å². The Kier molecular flexibility index (Phi) is 3.62. The zero-order valence-electron chi connectivity index (χ0n) is 12.9. The zero-order valence-corrected chi connectivity index (χ0v) is 13.7. The van der Waals surface area contributed by atoms with E-state index in [4.69, 9.17) is 11.6 Å². The number of imidazole rings is 1. The molecule has 24 heavy (non-hydrogen) atoms. The molecule has 1 N–H and O–H groups in total. The Balaban J connectivity index is 1.52. The summed E-state index contributed by atoms with van der Waals surface area (Å²) < 4.78 is 1.92. The summed E-state index contributed by atoms with van der Waals surface area (Å²) in [5.74, 6) is 0.0279. The van der Waals surface area contributed by atoms with Crippen LogP contribution in [0.4, 0.5) is 5.69 Å². The van der Waals surface area contributed by atoms with Gasteiger partial charge in [-0.05, 0) is 54.8 Å². The predicted octanol–water partition coefficient (Wildman–Crippen LogP) is 4.20. The smallest absolute Gasteiger partial charge is 0.235 e. The molecule has 2 aromatic carbocycles. The molecule has 4 rings (SSSR count). The molecule has 1 saturated carbocycles. The normalized spacial score (nSPS) is 15.0. The molecule has 0 saturated heterocycles. The molecule has 1 fully saturated rings.